The first-order valence-corrected chi connectivity index (χ1v) is 9.48. The van der Waals surface area contributed by atoms with Crippen LogP contribution in [0.5, 0.6) is 0 Å². The summed E-state index contributed by atoms with van der Waals surface area (Å²) in [5, 5.41) is 12.2. The first-order valence-electron chi connectivity index (χ1n) is 8.50. The zero-order valence-corrected chi connectivity index (χ0v) is 16.1. The fourth-order valence-corrected chi connectivity index (χ4v) is 3.08. The van der Waals surface area contributed by atoms with E-state index in [0.717, 1.165) is 11.8 Å². The first kappa shape index (κ1) is 20.7. The highest BCUT2D eigenvalue weighted by Gasteiger charge is 2.12. The minimum atomic E-state index is -0.316. The van der Waals surface area contributed by atoms with Crippen LogP contribution in [0.4, 0.5) is 5.69 Å². The van der Waals surface area contributed by atoms with Gasteiger partial charge >= 0.3 is 5.69 Å². The molecule has 0 spiro atoms. The Morgan fingerprint density at radius 3 is 2.93 bits per heavy atom. The zero-order valence-electron chi connectivity index (χ0n) is 15.3. The summed E-state index contributed by atoms with van der Waals surface area (Å²) in [5.74, 6) is -0.369. The molecule has 9 nitrogen and oxygen atoms in total. The van der Waals surface area contributed by atoms with Gasteiger partial charge in [0, 0.05) is 38.1 Å². The molecular weight excluding hydrogens is 370 g/mol. The molecule has 0 saturated carbocycles. The van der Waals surface area contributed by atoms with Crippen molar-refractivity contribution in [3.8, 4) is 0 Å². The standard InChI is InChI=1S/C17H23N5O4S/c1-3-18-15(24)12-6-4-7-13(10-12)19-14(23)11-27-17-21-20-16(25)22(17)8-5-9-26-2/h4,6-7,10H,3,5,8-9,11H2,1-2H3,(H,18,24)(H,19,23)(H,20,25). The summed E-state index contributed by atoms with van der Waals surface area (Å²) in [6.07, 6.45) is 0.669. The third-order valence-electron chi connectivity index (χ3n) is 3.53. The molecule has 0 bridgehead atoms. The number of nitrogens with zero attached hydrogens (tertiary/aromatic N) is 2. The zero-order chi connectivity index (χ0) is 19.6. The second-order valence-electron chi connectivity index (χ2n) is 5.59. The van der Waals surface area contributed by atoms with Crippen molar-refractivity contribution in [3.63, 3.8) is 0 Å². The normalized spacial score (nSPS) is 10.6. The van der Waals surface area contributed by atoms with Gasteiger partial charge in [0.05, 0.1) is 5.75 Å². The molecule has 2 rings (SSSR count). The number of ether oxygens (including phenoxy) is 1. The van der Waals surface area contributed by atoms with Crippen molar-refractivity contribution in [2.45, 2.75) is 25.0 Å². The Morgan fingerprint density at radius 2 is 2.19 bits per heavy atom. The smallest absolute Gasteiger partial charge is 0.343 e. The molecule has 0 saturated heterocycles. The summed E-state index contributed by atoms with van der Waals surface area (Å²) in [5.41, 5.74) is 0.689. The molecule has 146 valence electrons. The lowest BCUT2D eigenvalue weighted by Crippen LogP contribution is -2.23. The number of H-pyrrole nitrogens is 1. The van der Waals surface area contributed by atoms with Gasteiger partial charge in [-0.05, 0) is 31.5 Å². The van der Waals surface area contributed by atoms with Gasteiger partial charge in [-0.2, -0.15) is 0 Å². The van der Waals surface area contributed by atoms with Gasteiger partial charge in [-0.25, -0.2) is 9.89 Å². The number of carbonyl (C=O) groups is 2. The number of aromatic nitrogens is 3. The number of hydrogen-bond acceptors (Lipinski definition) is 6. The van der Waals surface area contributed by atoms with Gasteiger partial charge in [0.15, 0.2) is 5.16 Å². The van der Waals surface area contributed by atoms with Gasteiger partial charge in [-0.3, -0.25) is 14.2 Å². The van der Waals surface area contributed by atoms with Crippen LogP contribution in [-0.4, -0.2) is 52.6 Å². The highest BCUT2D eigenvalue weighted by Crippen LogP contribution is 2.15. The predicted molar refractivity (Wildman–Crippen MR) is 103 cm³/mol. The lowest BCUT2D eigenvalue weighted by atomic mass is 10.2. The van der Waals surface area contributed by atoms with Crippen LogP contribution < -0.4 is 16.3 Å². The maximum atomic E-state index is 12.2. The second kappa shape index (κ2) is 10.5. The van der Waals surface area contributed by atoms with Crippen molar-refractivity contribution < 1.29 is 14.3 Å². The van der Waals surface area contributed by atoms with Crippen LogP contribution in [0.25, 0.3) is 0 Å². The number of thioether (sulfide) groups is 1. The first-order chi connectivity index (χ1) is 13.0. The minimum absolute atomic E-state index is 0.0833. The Balaban J connectivity index is 1.93. The quantitative estimate of drug-likeness (QED) is 0.411. The highest BCUT2D eigenvalue weighted by atomic mass is 32.2. The fraction of sp³-hybridized carbons (Fsp3) is 0.412. The summed E-state index contributed by atoms with van der Waals surface area (Å²) in [6.45, 7) is 3.36. The molecule has 1 aromatic heterocycles. The molecular formula is C17H23N5O4S. The van der Waals surface area contributed by atoms with Crippen molar-refractivity contribution in [1.29, 1.82) is 0 Å². The minimum Gasteiger partial charge on any atom is -0.385 e. The maximum absolute atomic E-state index is 12.2. The van der Waals surface area contributed by atoms with Crippen molar-refractivity contribution in [3.05, 3.63) is 40.3 Å². The largest absolute Gasteiger partial charge is 0.385 e. The molecule has 3 N–H and O–H groups in total. The molecule has 2 amide bonds. The molecule has 0 unspecified atom stereocenters. The van der Waals surface area contributed by atoms with Gasteiger partial charge in [0.2, 0.25) is 5.91 Å². The van der Waals surface area contributed by atoms with Crippen LogP contribution >= 0.6 is 11.8 Å². The molecule has 1 heterocycles. The Kier molecular flexibility index (Phi) is 8.08. The van der Waals surface area contributed by atoms with Gasteiger partial charge in [0.1, 0.15) is 0 Å². The summed E-state index contributed by atoms with van der Waals surface area (Å²) in [7, 11) is 1.60. The SMILES string of the molecule is CCNC(=O)c1cccc(NC(=O)CSc2n[nH]c(=O)n2CCCOC)c1. The number of amides is 2. The molecule has 0 atom stereocenters. The van der Waals surface area contributed by atoms with E-state index in [1.807, 2.05) is 6.92 Å². The Morgan fingerprint density at radius 1 is 1.37 bits per heavy atom. The molecule has 27 heavy (non-hydrogen) atoms. The van der Waals surface area contributed by atoms with E-state index in [-0.39, 0.29) is 23.3 Å². The van der Waals surface area contributed by atoms with E-state index in [0.29, 0.717) is 42.5 Å². The average molecular weight is 393 g/mol. The number of nitrogens with one attached hydrogen (secondary N) is 3. The molecule has 0 radical (unpaired) electrons. The molecule has 0 aliphatic heterocycles. The van der Waals surface area contributed by atoms with Crippen LogP contribution in [0, 0.1) is 0 Å². The Hall–Kier alpha value is -2.59. The van der Waals surface area contributed by atoms with Crippen molar-refractivity contribution in [2.75, 3.05) is 31.3 Å². The monoisotopic (exact) mass is 393 g/mol. The number of rotatable bonds is 10. The van der Waals surface area contributed by atoms with Crippen LogP contribution in [0.3, 0.4) is 0 Å². The molecule has 10 heteroatoms. The van der Waals surface area contributed by atoms with Crippen molar-refractivity contribution in [2.24, 2.45) is 0 Å². The van der Waals surface area contributed by atoms with Gasteiger partial charge in [0.25, 0.3) is 5.91 Å². The second-order valence-corrected chi connectivity index (χ2v) is 6.53. The van der Waals surface area contributed by atoms with Gasteiger partial charge in [-0.1, -0.05) is 17.8 Å². The number of benzene rings is 1. The van der Waals surface area contributed by atoms with Crippen LogP contribution in [0.2, 0.25) is 0 Å². The van der Waals surface area contributed by atoms with Crippen LogP contribution in [-0.2, 0) is 16.1 Å². The topological polar surface area (TPSA) is 118 Å². The third-order valence-corrected chi connectivity index (χ3v) is 4.51. The summed E-state index contributed by atoms with van der Waals surface area (Å²) >= 11 is 1.16. The van der Waals surface area contributed by atoms with Gasteiger partial charge in [-0.15, -0.1) is 5.10 Å². The van der Waals surface area contributed by atoms with E-state index in [2.05, 4.69) is 20.8 Å². The molecule has 0 aliphatic rings. The number of anilines is 1. The number of hydrogen-bond donors (Lipinski definition) is 3. The third kappa shape index (κ3) is 6.26. The molecule has 0 fully saturated rings. The number of carbonyl (C=O) groups excluding carboxylic acids is 2. The summed E-state index contributed by atoms with van der Waals surface area (Å²) in [4.78, 5) is 35.8. The van der Waals surface area contributed by atoms with Crippen molar-refractivity contribution in [1.82, 2.24) is 20.1 Å². The van der Waals surface area contributed by atoms with E-state index in [4.69, 9.17) is 4.74 Å². The maximum Gasteiger partial charge on any atom is 0.343 e. The van der Waals surface area contributed by atoms with E-state index in [1.165, 1.54) is 4.57 Å². The number of aromatic amines is 1. The Labute approximate surface area is 160 Å². The van der Waals surface area contributed by atoms with E-state index in [9.17, 15) is 14.4 Å². The lowest BCUT2D eigenvalue weighted by Gasteiger charge is -2.08. The summed E-state index contributed by atoms with van der Waals surface area (Å²) < 4.78 is 6.46. The Bertz CT molecular complexity index is 833. The molecule has 2 aromatic rings. The van der Waals surface area contributed by atoms with E-state index in [1.54, 1.807) is 31.4 Å². The van der Waals surface area contributed by atoms with Gasteiger partial charge < -0.3 is 15.4 Å². The fourth-order valence-electron chi connectivity index (χ4n) is 2.31. The molecule has 1 aromatic carbocycles. The van der Waals surface area contributed by atoms with Crippen LogP contribution in [0.15, 0.2) is 34.2 Å². The molecule has 0 aliphatic carbocycles. The van der Waals surface area contributed by atoms with Crippen molar-refractivity contribution >= 4 is 29.3 Å². The predicted octanol–water partition coefficient (Wildman–Crippen LogP) is 1.09. The lowest BCUT2D eigenvalue weighted by molar-refractivity contribution is -0.113. The highest BCUT2D eigenvalue weighted by molar-refractivity contribution is 7.99. The average Bonchev–Trinajstić information content (AvgIpc) is 3.00. The van der Waals surface area contributed by atoms with E-state index >= 15 is 0 Å². The number of methoxy groups -OCH3 is 1. The van der Waals surface area contributed by atoms with Crippen LogP contribution in [0.1, 0.15) is 23.7 Å². The van der Waals surface area contributed by atoms with E-state index < -0.39 is 0 Å². The summed E-state index contributed by atoms with van der Waals surface area (Å²) in [6, 6.07) is 6.70.